The average molecular weight is 345 g/mol. The summed E-state index contributed by atoms with van der Waals surface area (Å²) in [7, 11) is 2.12. The Morgan fingerprint density at radius 2 is 2.25 bits per heavy atom. The second kappa shape index (κ2) is 8.37. The quantitative estimate of drug-likeness (QED) is 0.838. The van der Waals surface area contributed by atoms with E-state index in [0.29, 0.717) is 18.0 Å². The molecule has 1 amide bonds. The summed E-state index contributed by atoms with van der Waals surface area (Å²) in [5.74, 6) is 0.573. The molecule has 0 radical (unpaired) electrons. The van der Waals surface area contributed by atoms with Crippen LogP contribution in [0.15, 0.2) is 35.7 Å². The van der Waals surface area contributed by atoms with E-state index < -0.39 is 0 Å². The van der Waals surface area contributed by atoms with Gasteiger partial charge in [0.1, 0.15) is 5.01 Å². The minimum absolute atomic E-state index is 0.0642. The number of hydrogen-bond donors (Lipinski definition) is 1. The molecule has 1 aromatic heterocycles. The van der Waals surface area contributed by atoms with E-state index in [-0.39, 0.29) is 5.91 Å². The molecule has 1 fully saturated rings. The van der Waals surface area contributed by atoms with Crippen molar-refractivity contribution in [1.29, 1.82) is 0 Å². The molecule has 128 valence electrons. The maximum absolute atomic E-state index is 12.0. The number of carbonyl (C=O) groups is 1. The Balaban J connectivity index is 1.45. The molecule has 5 nitrogen and oxygen atoms in total. The van der Waals surface area contributed by atoms with Crippen molar-refractivity contribution in [2.45, 2.75) is 19.5 Å². The van der Waals surface area contributed by atoms with Gasteiger partial charge in [0.25, 0.3) is 5.91 Å². The van der Waals surface area contributed by atoms with E-state index in [4.69, 9.17) is 4.74 Å². The van der Waals surface area contributed by atoms with Gasteiger partial charge in [-0.1, -0.05) is 18.2 Å². The SMILES string of the molecule is CN(Cc1csc(CNC(=O)c2ccccc2)n1)C[C@@H]1CCOC1. The van der Waals surface area contributed by atoms with E-state index >= 15 is 0 Å². The minimum atomic E-state index is -0.0642. The van der Waals surface area contributed by atoms with E-state index in [1.165, 1.54) is 0 Å². The summed E-state index contributed by atoms with van der Waals surface area (Å²) in [6.45, 7) is 4.11. The standard InChI is InChI=1S/C18H23N3O2S/c1-21(10-14-7-8-23-12-14)11-16-13-24-17(20-16)9-19-18(22)15-5-3-2-4-6-15/h2-6,13-14H,7-12H2,1H3,(H,19,22)/t14-/m0/s1. The number of aromatic nitrogens is 1. The Kier molecular flexibility index (Phi) is 5.96. The fourth-order valence-electron chi connectivity index (χ4n) is 2.86. The monoisotopic (exact) mass is 345 g/mol. The van der Waals surface area contributed by atoms with Crippen molar-refractivity contribution in [3.05, 3.63) is 52.0 Å². The van der Waals surface area contributed by atoms with Gasteiger partial charge in [-0.3, -0.25) is 4.79 Å². The van der Waals surface area contributed by atoms with Crippen molar-refractivity contribution in [2.75, 3.05) is 26.8 Å². The molecular weight excluding hydrogens is 322 g/mol. The summed E-state index contributed by atoms with van der Waals surface area (Å²) in [4.78, 5) is 19.0. The molecule has 0 saturated carbocycles. The number of hydrogen-bond acceptors (Lipinski definition) is 5. The Hall–Kier alpha value is -1.76. The van der Waals surface area contributed by atoms with Gasteiger partial charge in [-0.2, -0.15) is 0 Å². The molecule has 1 saturated heterocycles. The van der Waals surface area contributed by atoms with Gasteiger partial charge in [0.2, 0.25) is 0 Å². The van der Waals surface area contributed by atoms with E-state index in [1.54, 1.807) is 11.3 Å². The largest absolute Gasteiger partial charge is 0.381 e. The summed E-state index contributed by atoms with van der Waals surface area (Å²) >= 11 is 1.59. The molecule has 1 atom stereocenters. The predicted octanol–water partition coefficient (Wildman–Crippen LogP) is 2.54. The Bertz CT molecular complexity index is 653. The van der Waals surface area contributed by atoms with Crippen LogP contribution >= 0.6 is 11.3 Å². The number of rotatable bonds is 7. The highest BCUT2D eigenvalue weighted by molar-refractivity contribution is 7.09. The summed E-state index contributed by atoms with van der Waals surface area (Å²) in [6.07, 6.45) is 1.15. The first-order chi connectivity index (χ1) is 11.7. The van der Waals surface area contributed by atoms with Crippen LogP contribution in [-0.2, 0) is 17.8 Å². The second-order valence-corrected chi connectivity index (χ2v) is 7.15. The Labute approximate surface area is 146 Å². The maximum atomic E-state index is 12.0. The van der Waals surface area contributed by atoms with Crippen molar-refractivity contribution in [1.82, 2.24) is 15.2 Å². The summed E-state index contributed by atoms with van der Waals surface area (Å²) in [5, 5.41) is 5.93. The summed E-state index contributed by atoms with van der Waals surface area (Å²) < 4.78 is 5.42. The zero-order valence-electron chi connectivity index (χ0n) is 13.9. The summed E-state index contributed by atoms with van der Waals surface area (Å²) in [5.41, 5.74) is 1.73. The van der Waals surface area contributed by atoms with Crippen LogP contribution in [0.4, 0.5) is 0 Å². The normalized spacial score (nSPS) is 17.3. The Morgan fingerprint density at radius 3 is 3.00 bits per heavy atom. The van der Waals surface area contributed by atoms with Gasteiger partial charge in [-0.15, -0.1) is 11.3 Å². The van der Waals surface area contributed by atoms with Crippen molar-refractivity contribution >= 4 is 17.2 Å². The van der Waals surface area contributed by atoms with Crippen LogP contribution in [0, 0.1) is 5.92 Å². The molecule has 1 N–H and O–H groups in total. The van der Waals surface area contributed by atoms with Crippen LogP contribution in [0.1, 0.15) is 27.5 Å². The van der Waals surface area contributed by atoms with Crippen LogP contribution < -0.4 is 5.32 Å². The minimum Gasteiger partial charge on any atom is -0.381 e. The lowest BCUT2D eigenvalue weighted by Gasteiger charge is -2.18. The zero-order valence-corrected chi connectivity index (χ0v) is 14.7. The molecule has 0 bridgehead atoms. The molecule has 1 aromatic carbocycles. The Morgan fingerprint density at radius 1 is 1.42 bits per heavy atom. The van der Waals surface area contributed by atoms with Crippen LogP contribution in [-0.4, -0.2) is 42.6 Å². The molecule has 2 aromatic rings. The third-order valence-electron chi connectivity index (χ3n) is 4.06. The first-order valence-electron chi connectivity index (χ1n) is 8.23. The molecule has 3 rings (SSSR count). The van der Waals surface area contributed by atoms with Gasteiger partial charge < -0.3 is 15.0 Å². The van der Waals surface area contributed by atoms with Crippen LogP contribution in [0.25, 0.3) is 0 Å². The van der Waals surface area contributed by atoms with E-state index in [1.807, 2.05) is 30.3 Å². The van der Waals surface area contributed by atoms with Crippen LogP contribution in [0.5, 0.6) is 0 Å². The molecule has 1 aliphatic rings. The number of nitrogens with zero attached hydrogens (tertiary/aromatic N) is 2. The van der Waals surface area contributed by atoms with Gasteiger partial charge in [-0.25, -0.2) is 4.98 Å². The van der Waals surface area contributed by atoms with Gasteiger partial charge in [0.05, 0.1) is 18.8 Å². The van der Waals surface area contributed by atoms with Gasteiger partial charge in [0.15, 0.2) is 0 Å². The lowest BCUT2D eigenvalue weighted by molar-refractivity contribution is 0.0951. The van der Waals surface area contributed by atoms with E-state index in [9.17, 15) is 4.79 Å². The average Bonchev–Trinajstić information content (AvgIpc) is 3.25. The number of amides is 1. The van der Waals surface area contributed by atoms with Gasteiger partial charge in [-0.05, 0) is 31.5 Å². The summed E-state index contributed by atoms with van der Waals surface area (Å²) in [6, 6.07) is 9.25. The van der Waals surface area contributed by atoms with Crippen LogP contribution in [0.2, 0.25) is 0 Å². The fourth-order valence-corrected chi connectivity index (χ4v) is 3.58. The number of benzene rings is 1. The maximum Gasteiger partial charge on any atom is 0.251 e. The highest BCUT2D eigenvalue weighted by Gasteiger charge is 2.18. The number of ether oxygens (including phenoxy) is 1. The first-order valence-corrected chi connectivity index (χ1v) is 9.11. The van der Waals surface area contributed by atoms with Crippen molar-refractivity contribution in [2.24, 2.45) is 5.92 Å². The van der Waals surface area contributed by atoms with Crippen LogP contribution in [0.3, 0.4) is 0 Å². The van der Waals surface area contributed by atoms with E-state index in [2.05, 4.69) is 27.6 Å². The van der Waals surface area contributed by atoms with Crippen molar-refractivity contribution in [3.8, 4) is 0 Å². The van der Waals surface area contributed by atoms with Crippen molar-refractivity contribution in [3.63, 3.8) is 0 Å². The topological polar surface area (TPSA) is 54.5 Å². The molecule has 0 unspecified atom stereocenters. The highest BCUT2D eigenvalue weighted by atomic mass is 32.1. The third-order valence-corrected chi connectivity index (χ3v) is 4.96. The van der Waals surface area contributed by atoms with Gasteiger partial charge in [0, 0.05) is 30.6 Å². The lowest BCUT2D eigenvalue weighted by atomic mass is 10.1. The number of nitrogens with one attached hydrogen (secondary N) is 1. The first kappa shape index (κ1) is 17.1. The molecular formula is C18H23N3O2S. The second-order valence-electron chi connectivity index (χ2n) is 6.21. The predicted molar refractivity (Wildman–Crippen MR) is 95.0 cm³/mol. The highest BCUT2D eigenvalue weighted by Crippen LogP contribution is 2.16. The molecule has 0 aliphatic carbocycles. The molecule has 24 heavy (non-hydrogen) atoms. The molecule has 2 heterocycles. The number of thiazole rings is 1. The molecule has 6 heteroatoms. The molecule has 1 aliphatic heterocycles. The van der Waals surface area contributed by atoms with E-state index in [0.717, 1.165) is 43.4 Å². The zero-order chi connectivity index (χ0) is 16.8. The lowest BCUT2D eigenvalue weighted by Crippen LogP contribution is -2.26. The van der Waals surface area contributed by atoms with Gasteiger partial charge >= 0.3 is 0 Å². The molecule has 0 spiro atoms. The number of carbonyl (C=O) groups excluding carboxylic acids is 1. The third kappa shape index (κ3) is 4.87. The fraction of sp³-hybridized carbons (Fsp3) is 0.444. The smallest absolute Gasteiger partial charge is 0.251 e. The van der Waals surface area contributed by atoms with Crippen molar-refractivity contribution < 1.29 is 9.53 Å².